The third-order valence-electron chi connectivity index (χ3n) is 4.32. The second-order valence-corrected chi connectivity index (χ2v) is 7.30. The molecule has 0 spiro atoms. The van der Waals surface area contributed by atoms with E-state index in [-0.39, 0.29) is 18.1 Å². The summed E-state index contributed by atoms with van der Waals surface area (Å²) in [6.45, 7) is 0.255. The quantitative estimate of drug-likeness (QED) is 0.772. The summed E-state index contributed by atoms with van der Waals surface area (Å²) in [6.07, 6.45) is 1.23. The molecule has 1 fully saturated rings. The Hall–Kier alpha value is -2.81. The molecule has 0 saturated carbocycles. The number of likely N-dealkylation sites (tertiary alicyclic amines) is 1. The molecule has 2 heterocycles. The van der Waals surface area contributed by atoms with Crippen molar-refractivity contribution in [3.63, 3.8) is 0 Å². The number of anilines is 1. The normalized spacial score (nSPS) is 16.5. The van der Waals surface area contributed by atoms with Crippen molar-refractivity contribution >= 4 is 34.8 Å². The number of nitrogens with one attached hydrogen (secondary N) is 1. The van der Waals surface area contributed by atoms with E-state index in [0.717, 1.165) is 12.1 Å². The second kappa shape index (κ2) is 8.92. The highest BCUT2D eigenvalue weighted by molar-refractivity contribution is 7.12. The molecule has 2 amide bonds. The zero-order valence-corrected chi connectivity index (χ0v) is 15.6. The Kier molecular flexibility index (Phi) is 6.35. The Bertz CT molecular complexity index is 873. The van der Waals surface area contributed by atoms with Crippen molar-refractivity contribution in [2.45, 2.75) is 12.8 Å². The van der Waals surface area contributed by atoms with Crippen LogP contribution in [0.2, 0.25) is 0 Å². The Morgan fingerprint density at radius 3 is 2.75 bits per heavy atom. The summed E-state index contributed by atoms with van der Waals surface area (Å²) in [5.74, 6) is -3.97. The standard InChI is InChI=1S/C19H18F2N2O4S/c20-14-6-5-13(9-15(14)21)22-17(24)11-27-19(26)12-3-1-7-23(10-12)18(25)16-4-2-8-28-16/h2,4-6,8-9,12H,1,3,7,10-11H2,(H,22,24). The van der Waals surface area contributed by atoms with Gasteiger partial charge in [0.15, 0.2) is 18.2 Å². The van der Waals surface area contributed by atoms with Crippen LogP contribution < -0.4 is 5.32 Å². The van der Waals surface area contributed by atoms with Gasteiger partial charge in [0.25, 0.3) is 11.8 Å². The number of piperidine rings is 1. The average Bonchev–Trinajstić information content (AvgIpc) is 3.23. The molecule has 1 saturated heterocycles. The number of hydrogen-bond donors (Lipinski definition) is 1. The molecule has 0 bridgehead atoms. The zero-order chi connectivity index (χ0) is 20.1. The van der Waals surface area contributed by atoms with E-state index in [1.165, 1.54) is 17.4 Å². The first-order valence-corrected chi connectivity index (χ1v) is 9.56. The van der Waals surface area contributed by atoms with E-state index >= 15 is 0 Å². The molecular weight excluding hydrogens is 390 g/mol. The monoisotopic (exact) mass is 408 g/mol. The lowest BCUT2D eigenvalue weighted by molar-refractivity contribution is -0.152. The number of rotatable bonds is 5. The largest absolute Gasteiger partial charge is 0.455 e. The van der Waals surface area contributed by atoms with Gasteiger partial charge in [-0.25, -0.2) is 8.78 Å². The van der Waals surface area contributed by atoms with Gasteiger partial charge in [-0.1, -0.05) is 6.07 Å². The van der Waals surface area contributed by atoms with E-state index in [1.54, 1.807) is 17.0 Å². The fourth-order valence-corrected chi connectivity index (χ4v) is 3.63. The van der Waals surface area contributed by atoms with Crippen LogP contribution in [0.5, 0.6) is 0 Å². The maximum atomic E-state index is 13.1. The van der Waals surface area contributed by atoms with Crippen LogP contribution in [-0.2, 0) is 14.3 Å². The molecule has 1 atom stereocenters. The number of halogens is 2. The number of hydrogen-bond acceptors (Lipinski definition) is 5. The lowest BCUT2D eigenvalue weighted by Gasteiger charge is -2.31. The predicted molar refractivity (Wildman–Crippen MR) is 98.9 cm³/mol. The maximum Gasteiger partial charge on any atom is 0.311 e. The van der Waals surface area contributed by atoms with E-state index in [0.29, 0.717) is 24.3 Å². The summed E-state index contributed by atoms with van der Waals surface area (Å²) in [7, 11) is 0. The maximum absolute atomic E-state index is 13.1. The molecule has 1 aliphatic rings. The number of nitrogens with zero attached hydrogens (tertiary/aromatic N) is 1. The number of benzene rings is 1. The molecule has 9 heteroatoms. The van der Waals surface area contributed by atoms with Crippen molar-refractivity contribution in [1.29, 1.82) is 0 Å². The third kappa shape index (κ3) is 4.92. The summed E-state index contributed by atoms with van der Waals surface area (Å²) in [5, 5.41) is 4.14. The fraction of sp³-hybridized carbons (Fsp3) is 0.316. The predicted octanol–water partition coefficient (Wildman–Crippen LogP) is 3.06. The summed E-state index contributed by atoms with van der Waals surface area (Å²) in [4.78, 5) is 38.8. The van der Waals surface area contributed by atoms with Crippen LogP contribution >= 0.6 is 11.3 Å². The molecule has 148 valence electrons. The average molecular weight is 408 g/mol. The minimum atomic E-state index is -1.09. The van der Waals surface area contributed by atoms with Gasteiger partial charge in [-0.05, 0) is 36.4 Å². The Morgan fingerprint density at radius 1 is 1.21 bits per heavy atom. The summed E-state index contributed by atoms with van der Waals surface area (Å²) in [6, 6.07) is 6.45. The van der Waals surface area contributed by atoms with Crippen LogP contribution in [0.15, 0.2) is 35.7 Å². The van der Waals surface area contributed by atoms with Crippen molar-refractivity contribution in [2.75, 3.05) is 25.0 Å². The molecule has 1 unspecified atom stereocenters. The van der Waals surface area contributed by atoms with Crippen molar-refractivity contribution in [2.24, 2.45) is 5.92 Å². The van der Waals surface area contributed by atoms with Crippen molar-refractivity contribution in [3.8, 4) is 0 Å². The van der Waals surface area contributed by atoms with Gasteiger partial charge in [-0.2, -0.15) is 0 Å². The molecule has 1 aromatic heterocycles. The molecule has 1 aromatic carbocycles. The van der Waals surface area contributed by atoms with Gasteiger partial charge in [-0.3, -0.25) is 14.4 Å². The highest BCUT2D eigenvalue weighted by atomic mass is 32.1. The van der Waals surface area contributed by atoms with Gasteiger partial charge in [-0.15, -0.1) is 11.3 Å². The number of thiophene rings is 1. The van der Waals surface area contributed by atoms with Crippen LogP contribution in [0.4, 0.5) is 14.5 Å². The Balaban J connectivity index is 1.49. The molecule has 1 aliphatic heterocycles. The van der Waals surface area contributed by atoms with Gasteiger partial charge in [0.05, 0.1) is 10.8 Å². The summed E-state index contributed by atoms with van der Waals surface area (Å²) >= 11 is 1.34. The van der Waals surface area contributed by atoms with Gasteiger partial charge >= 0.3 is 5.97 Å². The van der Waals surface area contributed by atoms with E-state index in [2.05, 4.69) is 5.32 Å². The number of amides is 2. The van der Waals surface area contributed by atoms with Crippen LogP contribution in [0.1, 0.15) is 22.5 Å². The van der Waals surface area contributed by atoms with Crippen molar-refractivity contribution in [1.82, 2.24) is 4.90 Å². The number of esters is 1. The molecule has 0 aliphatic carbocycles. The van der Waals surface area contributed by atoms with Crippen LogP contribution in [0.3, 0.4) is 0 Å². The first-order chi connectivity index (χ1) is 13.4. The van der Waals surface area contributed by atoms with Gasteiger partial charge in [0.1, 0.15) is 0 Å². The summed E-state index contributed by atoms with van der Waals surface area (Å²) in [5.41, 5.74) is 0.0605. The lowest BCUT2D eigenvalue weighted by Crippen LogP contribution is -2.43. The van der Waals surface area contributed by atoms with Crippen molar-refractivity contribution < 1.29 is 27.9 Å². The number of carbonyl (C=O) groups is 3. The molecule has 0 radical (unpaired) electrons. The molecule has 2 aromatic rings. The minimum Gasteiger partial charge on any atom is -0.455 e. The molecule has 6 nitrogen and oxygen atoms in total. The van der Waals surface area contributed by atoms with E-state index in [9.17, 15) is 23.2 Å². The molecule has 3 rings (SSSR count). The first kappa shape index (κ1) is 19.9. The molecular formula is C19H18F2N2O4S. The molecule has 1 N–H and O–H groups in total. The van der Waals surface area contributed by atoms with Crippen LogP contribution in [0.25, 0.3) is 0 Å². The second-order valence-electron chi connectivity index (χ2n) is 6.35. The van der Waals surface area contributed by atoms with E-state index < -0.39 is 36.0 Å². The Labute approximate surface area is 164 Å². The van der Waals surface area contributed by atoms with Gasteiger partial charge in [0, 0.05) is 24.8 Å². The lowest BCUT2D eigenvalue weighted by atomic mass is 9.98. The fourth-order valence-electron chi connectivity index (χ4n) is 2.94. The van der Waals surface area contributed by atoms with Gasteiger partial charge in [0.2, 0.25) is 0 Å². The minimum absolute atomic E-state index is 0.0605. The number of carbonyl (C=O) groups excluding carboxylic acids is 3. The van der Waals surface area contributed by atoms with Crippen molar-refractivity contribution in [3.05, 3.63) is 52.2 Å². The highest BCUT2D eigenvalue weighted by Gasteiger charge is 2.30. The van der Waals surface area contributed by atoms with Crippen LogP contribution in [-0.4, -0.2) is 42.4 Å². The smallest absolute Gasteiger partial charge is 0.311 e. The topological polar surface area (TPSA) is 75.7 Å². The van der Waals surface area contributed by atoms with E-state index in [1.807, 2.05) is 5.38 Å². The van der Waals surface area contributed by atoms with Gasteiger partial charge < -0.3 is 15.0 Å². The summed E-state index contributed by atoms with van der Waals surface area (Å²) < 4.78 is 31.1. The number of ether oxygens (including phenoxy) is 1. The molecule has 28 heavy (non-hydrogen) atoms. The third-order valence-corrected chi connectivity index (χ3v) is 5.18. The Morgan fingerprint density at radius 2 is 2.04 bits per heavy atom. The van der Waals surface area contributed by atoms with Crippen LogP contribution in [0, 0.1) is 17.6 Å². The van der Waals surface area contributed by atoms with E-state index in [4.69, 9.17) is 4.74 Å². The first-order valence-electron chi connectivity index (χ1n) is 8.68. The zero-order valence-electron chi connectivity index (χ0n) is 14.8. The SMILES string of the molecule is O=C(COC(=O)C1CCCN(C(=O)c2cccs2)C1)Nc1ccc(F)c(F)c1. The highest BCUT2D eigenvalue weighted by Crippen LogP contribution is 2.21.